The summed E-state index contributed by atoms with van der Waals surface area (Å²) in [5.74, 6) is 0. The van der Waals surface area contributed by atoms with Crippen molar-refractivity contribution in [3.63, 3.8) is 0 Å². The second-order valence-electron chi connectivity index (χ2n) is 4.65. The number of nitrogens with one attached hydrogen (secondary N) is 2. The largest absolute Gasteiger partial charge is 0.308 e. The van der Waals surface area contributed by atoms with Gasteiger partial charge in [-0.05, 0) is 24.1 Å². The van der Waals surface area contributed by atoms with Gasteiger partial charge in [0.25, 0.3) is 0 Å². The van der Waals surface area contributed by atoms with Gasteiger partial charge < -0.3 is 5.41 Å². The fourth-order valence-corrected chi connectivity index (χ4v) is 2.57. The van der Waals surface area contributed by atoms with E-state index in [0.717, 1.165) is 22.9 Å². The lowest BCUT2D eigenvalue weighted by molar-refractivity contribution is 0.607. The Balaban J connectivity index is 2.57. The fraction of sp³-hybridized carbons (Fsp3) is 0.133. The first-order chi connectivity index (χ1) is 9.40. The predicted molar refractivity (Wildman–Crippen MR) is 83.0 cm³/mol. The van der Waals surface area contributed by atoms with E-state index in [1.807, 2.05) is 37.3 Å². The highest BCUT2D eigenvalue weighted by Gasteiger charge is 2.11. The molecule has 0 heterocycles. The first-order valence-electron chi connectivity index (χ1n) is 6.09. The standard InChI is InChI=1S/C15H16N2O2S/c1-11-6-8-12(9-7-11)13-4-3-5-15(14(13)10-16)17-20(2,18)19/h3-10,16-17H,1-2H3. The van der Waals surface area contributed by atoms with Gasteiger partial charge in [0.05, 0.1) is 11.9 Å². The van der Waals surface area contributed by atoms with E-state index in [4.69, 9.17) is 5.41 Å². The molecule has 0 saturated carbocycles. The molecule has 0 aliphatic carbocycles. The Morgan fingerprint density at radius 2 is 1.75 bits per heavy atom. The van der Waals surface area contributed by atoms with Crippen LogP contribution in [0.1, 0.15) is 11.1 Å². The van der Waals surface area contributed by atoms with Crippen LogP contribution in [0.15, 0.2) is 42.5 Å². The third kappa shape index (κ3) is 3.24. The second-order valence-corrected chi connectivity index (χ2v) is 6.40. The molecule has 2 aromatic rings. The van der Waals surface area contributed by atoms with E-state index < -0.39 is 10.0 Å². The van der Waals surface area contributed by atoms with Gasteiger partial charge in [-0.3, -0.25) is 4.72 Å². The molecule has 2 N–H and O–H groups in total. The summed E-state index contributed by atoms with van der Waals surface area (Å²) in [5, 5.41) is 7.56. The highest BCUT2D eigenvalue weighted by atomic mass is 32.2. The van der Waals surface area contributed by atoms with Crippen molar-refractivity contribution in [2.75, 3.05) is 11.0 Å². The molecule has 0 bridgehead atoms. The first kappa shape index (κ1) is 14.3. The number of hydrogen-bond acceptors (Lipinski definition) is 3. The maximum Gasteiger partial charge on any atom is 0.229 e. The van der Waals surface area contributed by atoms with E-state index in [9.17, 15) is 8.42 Å². The molecule has 0 aliphatic rings. The molecule has 0 aromatic heterocycles. The van der Waals surface area contributed by atoms with Crippen molar-refractivity contribution in [1.82, 2.24) is 0 Å². The zero-order valence-corrected chi connectivity index (χ0v) is 12.2. The molecule has 104 valence electrons. The Hall–Kier alpha value is -2.14. The molecule has 0 amide bonds. The van der Waals surface area contributed by atoms with E-state index in [0.29, 0.717) is 11.3 Å². The maximum absolute atomic E-state index is 11.4. The molecule has 20 heavy (non-hydrogen) atoms. The van der Waals surface area contributed by atoms with Gasteiger partial charge in [-0.15, -0.1) is 0 Å². The molecule has 4 nitrogen and oxygen atoms in total. The molecule has 0 saturated heterocycles. The number of anilines is 1. The summed E-state index contributed by atoms with van der Waals surface area (Å²) in [5.41, 5.74) is 3.90. The van der Waals surface area contributed by atoms with Crippen molar-refractivity contribution in [2.45, 2.75) is 6.92 Å². The van der Waals surface area contributed by atoms with Crippen LogP contribution in [0.25, 0.3) is 11.1 Å². The van der Waals surface area contributed by atoms with E-state index in [1.165, 1.54) is 6.21 Å². The fourth-order valence-electron chi connectivity index (χ4n) is 1.99. The summed E-state index contributed by atoms with van der Waals surface area (Å²) in [6.07, 6.45) is 2.27. The van der Waals surface area contributed by atoms with Crippen LogP contribution in [0, 0.1) is 12.3 Å². The molecule has 5 heteroatoms. The molecular weight excluding hydrogens is 272 g/mol. The Bertz CT molecular complexity index is 735. The molecule has 0 radical (unpaired) electrons. The van der Waals surface area contributed by atoms with Gasteiger partial charge in [0.15, 0.2) is 0 Å². The van der Waals surface area contributed by atoms with Crippen LogP contribution < -0.4 is 4.72 Å². The Morgan fingerprint density at radius 1 is 1.10 bits per heavy atom. The number of benzene rings is 2. The van der Waals surface area contributed by atoms with E-state index >= 15 is 0 Å². The normalized spacial score (nSPS) is 11.1. The van der Waals surface area contributed by atoms with Gasteiger partial charge in [0.2, 0.25) is 10.0 Å². The van der Waals surface area contributed by atoms with Gasteiger partial charge in [-0.1, -0.05) is 42.0 Å². The minimum Gasteiger partial charge on any atom is -0.308 e. The second kappa shape index (κ2) is 5.46. The highest BCUT2D eigenvalue weighted by molar-refractivity contribution is 7.92. The van der Waals surface area contributed by atoms with Crippen molar-refractivity contribution in [2.24, 2.45) is 0 Å². The van der Waals surface area contributed by atoms with E-state index in [-0.39, 0.29) is 0 Å². The topological polar surface area (TPSA) is 70.0 Å². The minimum atomic E-state index is -3.37. The van der Waals surface area contributed by atoms with E-state index in [1.54, 1.807) is 12.1 Å². The van der Waals surface area contributed by atoms with Gasteiger partial charge in [0, 0.05) is 11.8 Å². The quantitative estimate of drug-likeness (QED) is 0.849. The van der Waals surface area contributed by atoms with Crippen LogP contribution in [0.5, 0.6) is 0 Å². The Labute approximate surface area is 119 Å². The summed E-state index contributed by atoms with van der Waals surface area (Å²) < 4.78 is 25.2. The van der Waals surface area contributed by atoms with Crippen molar-refractivity contribution in [3.8, 4) is 11.1 Å². The Morgan fingerprint density at radius 3 is 2.30 bits per heavy atom. The monoisotopic (exact) mass is 288 g/mol. The number of rotatable bonds is 4. The van der Waals surface area contributed by atoms with Crippen molar-refractivity contribution in [3.05, 3.63) is 53.6 Å². The average molecular weight is 288 g/mol. The molecule has 0 unspecified atom stereocenters. The SMILES string of the molecule is Cc1ccc(-c2cccc(NS(C)(=O)=O)c2C=N)cc1. The lowest BCUT2D eigenvalue weighted by Crippen LogP contribution is -2.11. The molecule has 0 spiro atoms. The van der Waals surface area contributed by atoms with Gasteiger partial charge in [0.1, 0.15) is 0 Å². The summed E-state index contributed by atoms with van der Waals surface area (Å²) in [7, 11) is -3.37. The van der Waals surface area contributed by atoms with Crippen LogP contribution in [0.4, 0.5) is 5.69 Å². The van der Waals surface area contributed by atoms with Crippen LogP contribution >= 0.6 is 0 Å². The highest BCUT2D eigenvalue weighted by Crippen LogP contribution is 2.28. The van der Waals surface area contributed by atoms with E-state index in [2.05, 4.69) is 4.72 Å². The summed E-state index contributed by atoms with van der Waals surface area (Å²) in [4.78, 5) is 0. The smallest absolute Gasteiger partial charge is 0.229 e. The van der Waals surface area contributed by atoms with Crippen LogP contribution in [0.2, 0.25) is 0 Å². The molecule has 0 aliphatic heterocycles. The first-order valence-corrected chi connectivity index (χ1v) is 7.98. The van der Waals surface area contributed by atoms with Gasteiger partial charge >= 0.3 is 0 Å². The maximum atomic E-state index is 11.4. The molecule has 0 fully saturated rings. The van der Waals surface area contributed by atoms with Gasteiger partial charge in [-0.25, -0.2) is 8.42 Å². The lowest BCUT2D eigenvalue weighted by atomic mass is 9.98. The zero-order valence-electron chi connectivity index (χ0n) is 11.3. The van der Waals surface area contributed by atoms with Crippen LogP contribution in [0.3, 0.4) is 0 Å². The summed E-state index contributed by atoms with van der Waals surface area (Å²) >= 11 is 0. The van der Waals surface area contributed by atoms with Crippen molar-refractivity contribution in [1.29, 1.82) is 5.41 Å². The Kier molecular flexibility index (Phi) is 3.90. The summed E-state index contributed by atoms with van der Waals surface area (Å²) in [6, 6.07) is 13.2. The van der Waals surface area contributed by atoms with Crippen LogP contribution in [-0.2, 0) is 10.0 Å². The lowest BCUT2D eigenvalue weighted by Gasteiger charge is -2.12. The van der Waals surface area contributed by atoms with Crippen molar-refractivity contribution < 1.29 is 8.42 Å². The molecule has 0 atom stereocenters. The predicted octanol–water partition coefficient (Wildman–Crippen LogP) is 3.03. The minimum absolute atomic E-state index is 0.417. The molecular formula is C15H16N2O2S. The number of hydrogen-bond donors (Lipinski definition) is 2. The zero-order chi connectivity index (χ0) is 14.8. The van der Waals surface area contributed by atoms with Crippen molar-refractivity contribution >= 4 is 21.9 Å². The number of sulfonamides is 1. The molecule has 2 rings (SSSR count). The third-order valence-corrected chi connectivity index (χ3v) is 3.50. The average Bonchev–Trinajstić information content (AvgIpc) is 2.37. The summed E-state index contributed by atoms with van der Waals surface area (Å²) in [6.45, 7) is 2.00. The van der Waals surface area contributed by atoms with Gasteiger partial charge in [-0.2, -0.15) is 0 Å². The number of aryl methyl sites for hydroxylation is 1. The third-order valence-electron chi connectivity index (χ3n) is 2.91. The van der Waals surface area contributed by atoms with Crippen LogP contribution in [-0.4, -0.2) is 20.9 Å². The molecule has 2 aromatic carbocycles.